The molecule has 1 amide bonds. The molecule has 0 saturated carbocycles. The zero-order valence-corrected chi connectivity index (χ0v) is 16.0. The average molecular weight is 365 g/mol. The minimum absolute atomic E-state index is 0.243. The van der Waals surface area contributed by atoms with Crippen molar-refractivity contribution in [3.05, 3.63) is 30.3 Å². The summed E-state index contributed by atoms with van der Waals surface area (Å²) in [7, 11) is 3.21. The Labute approximate surface area is 154 Å². The first-order valence-electron chi connectivity index (χ1n) is 8.64. The summed E-state index contributed by atoms with van der Waals surface area (Å²) >= 11 is 1.84. The molecule has 25 heavy (non-hydrogen) atoms. The first kappa shape index (κ1) is 19.4. The molecule has 1 heterocycles. The first-order valence-corrected chi connectivity index (χ1v) is 9.52. The van der Waals surface area contributed by atoms with Crippen LogP contribution in [-0.2, 0) is 4.74 Å². The second-order valence-corrected chi connectivity index (χ2v) is 7.58. The summed E-state index contributed by atoms with van der Waals surface area (Å²) in [6.07, 6.45) is 1.54. The van der Waals surface area contributed by atoms with Gasteiger partial charge in [-0.15, -0.1) is 11.8 Å². The number of carbonyl (C=O) groups excluding carboxylic acids is 1. The van der Waals surface area contributed by atoms with Crippen LogP contribution in [0, 0.1) is 0 Å². The lowest BCUT2D eigenvalue weighted by Gasteiger charge is -2.32. The van der Waals surface area contributed by atoms with E-state index in [1.165, 1.54) is 12.0 Å². The van der Waals surface area contributed by atoms with Crippen LogP contribution in [0.15, 0.2) is 40.2 Å². The molecule has 1 aromatic rings. The lowest BCUT2D eigenvalue weighted by molar-refractivity contribution is 0.111. The number of rotatable bonds is 5. The highest BCUT2D eigenvalue weighted by molar-refractivity contribution is 8.00. The number of methoxy groups -OCH3 is 1. The molecular weight excluding hydrogens is 336 g/mol. The van der Waals surface area contributed by atoms with Crippen molar-refractivity contribution in [2.75, 3.05) is 33.8 Å². The number of likely N-dealkylation sites (tertiary alicyclic amines) is 1. The number of carbonyl (C=O) groups is 1. The molecule has 1 aliphatic rings. The fraction of sp³-hybridized carbons (Fsp3) is 0.556. The molecule has 0 aromatic heterocycles. The van der Waals surface area contributed by atoms with Crippen LogP contribution in [0.4, 0.5) is 4.79 Å². The molecule has 0 radical (unpaired) electrons. The van der Waals surface area contributed by atoms with E-state index in [-0.39, 0.29) is 6.09 Å². The van der Waals surface area contributed by atoms with Crippen molar-refractivity contribution in [1.82, 2.24) is 15.5 Å². The quantitative estimate of drug-likeness (QED) is 0.478. The number of nitrogens with one attached hydrogen (secondary N) is 2. The lowest BCUT2D eigenvalue weighted by Crippen LogP contribution is -2.50. The molecule has 7 heteroatoms. The molecule has 1 aliphatic heterocycles. The molecule has 1 unspecified atom stereocenters. The number of piperidine rings is 1. The van der Waals surface area contributed by atoms with Crippen molar-refractivity contribution >= 4 is 23.8 Å². The minimum Gasteiger partial charge on any atom is -0.453 e. The highest BCUT2D eigenvalue weighted by Gasteiger charge is 2.23. The number of aliphatic imine (C=N–C) groups is 1. The Bertz CT molecular complexity index is 559. The van der Waals surface area contributed by atoms with Crippen LogP contribution < -0.4 is 10.6 Å². The second kappa shape index (κ2) is 10.2. The minimum atomic E-state index is -0.243. The van der Waals surface area contributed by atoms with Crippen LogP contribution in [0.25, 0.3) is 0 Å². The third-order valence-electron chi connectivity index (χ3n) is 4.13. The van der Waals surface area contributed by atoms with E-state index in [9.17, 15) is 4.79 Å². The molecule has 2 N–H and O–H groups in total. The van der Waals surface area contributed by atoms with Crippen molar-refractivity contribution in [1.29, 1.82) is 0 Å². The Kier molecular flexibility index (Phi) is 7.91. The first-order chi connectivity index (χ1) is 12.1. The Balaban J connectivity index is 1.71. The van der Waals surface area contributed by atoms with E-state index in [2.05, 4.69) is 46.8 Å². The third kappa shape index (κ3) is 6.49. The predicted octanol–water partition coefficient (Wildman–Crippen LogP) is 2.56. The van der Waals surface area contributed by atoms with Gasteiger partial charge < -0.3 is 20.3 Å². The van der Waals surface area contributed by atoms with E-state index in [0.29, 0.717) is 24.4 Å². The fourth-order valence-corrected chi connectivity index (χ4v) is 3.68. The van der Waals surface area contributed by atoms with E-state index < -0.39 is 0 Å². The fourth-order valence-electron chi connectivity index (χ4n) is 2.74. The Morgan fingerprint density at radius 2 is 2.04 bits per heavy atom. The summed E-state index contributed by atoms with van der Waals surface area (Å²) in [5.41, 5.74) is 0. The van der Waals surface area contributed by atoms with E-state index in [1.807, 2.05) is 17.8 Å². The molecule has 138 valence electrons. The van der Waals surface area contributed by atoms with Gasteiger partial charge in [-0.3, -0.25) is 4.99 Å². The normalized spacial score (nSPS) is 17.1. The van der Waals surface area contributed by atoms with Gasteiger partial charge in [-0.1, -0.05) is 25.1 Å². The number of thioether (sulfide) groups is 1. The maximum absolute atomic E-state index is 11.5. The average Bonchev–Trinajstić information content (AvgIpc) is 2.65. The third-order valence-corrected chi connectivity index (χ3v) is 5.24. The summed E-state index contributed by atoms with van der Waals surface area (Å²) < 4.78 is 4.77. The zero-order valence-electron chi connectivity index (χ0n) is 15.2. The summed E-state index contributed by atoms with van der Waals surface area (Å²) in [6.45, 7) is 4.45. The van der Waals surface area contributed by atoms with Gasteiger partial charge in [0.25, 0.3) is 0 Å². The second-order valence-electron chi connectivity index (χ2n) is 6.07. The zero-order chi connectivity index (χ0) is 18.1. The van der Waals surface area contributed by atoms with Gasteiger partial charge >= 0.3 is 6.09 Å². The molecule has 1 saturated heterocycles. The summed E-state index contributed by atoms with van der Waals surface area (Å²) in [6, 6.07) is 10.7. The van der Waals surface area contributed by atoms with Crippen LogP contribution in [0.1, 0.15) is 19.8 Å². The molecule has 0 aliphatic carbocycles. The van der Waals surface area contributed by atoms with Crippen LogP contribution in [0.2, 0.25) is 0 Å². The Hall–Kier alpha value is -1.89. The van der Waals surface area contributed by atoms with E-state index in [1.54, 1.807) is 11.9 Å². The highest BCUT2D eigenvalue weighted by atomic mass is 32.2. The molecule has 1 fully saturated rings. The van der Waals surface area contributed by atoms with E-state index in [0.717, 1.165) is 25.3 Å². The SMILES string of the molecule is CN=C(NCC(C)Sc1ccccc1)NC1CCN(C(=O)OC)CC1. The van der Waals surface area contributed by atoms with Gasteiger partial charge in [-0.2, -0.15) is 0 Å². The van der Waals surface area contributed by atoms with Gasteiger partial charge in [0, 0.05) is 42.9 Å². The molecule has 2 rings (SSSR count). The monoisotopic (exact) mass is 364 g/mol. The van der Waals surface area contributed by atoms with E-state index >= 15 is 0 Å². The highest BCUT2D eigenvalue weighted by Crippen LogP contribution is 2.21. The number of nitrogens with zero attached hydrogens (tertiary/aromatic N) is 2. The van der Waals surface area contributed by atoms with Crippen molar-refractivity contribution in [3.63, 3.8) is 0 Å². The van der Waals surface area contributed by atoms with Crippen LogP contribution in [0.5, 0.6) is 0 Å². The Morgan fingerprint density at radius 3 is 2.64 bits per heavy atom. The van der Waals surface area contributed by atoms with Gasteiger partial charge in [0.1, 0.15) is 0 Å². The van der Waals surface area contributed by atoms with Gasteiger partial charge in [0.15, 0.2) is 5.96 Å². The number of amides is 1. The van der Waals surface area contributed by atoms with Gasteiger partial charge in [0.2, 0.25) is 0 Å². The van der Waals surface area contributed by atoms with Crippen LogP contribution in [0.3, 0.4) is 0 Å². The molecule has 6 nitrogen and oxygen atoms in total. The van der Waals surface area contributed by atoms with E-state index in [4.69, 9.17) is 4.74 Å². The largest absolute Gasteiger partial charge is 0.453 e. The van der Waals surface area contributed by atoms with Crippen molar-refractivity contribution < 1.29 is 9.53 Å². The standard InChI is InChI=1S/C18H28N4O2S/c1-14(25-16-7-5-4-6-8-16)13-20-17(19-2)21-15-9-11-22(12-10-15)18(23)24-3/h4-8,14-15H,9-13H2,1-3H3,(H2,19,20,21). The maximum Gasteiger partial charge on any atom is 0.409 e. The molecular formula is C18H28N4O2S. The number of ether oxygens (including phenoxy) is 1. The smallest absolute Gasteiger partial charge is 0.409 e. The summed E-state index contributed by atoms with van der Waals surface area (Å²) in [4.78, 5) is 18.9. The summed E-state index contributed by atoms with van der Waals surface area (Å²) in [5.74, 6) is 0.817. The van der Waals surface area contributed by atoms with Crippen LogP contribution in [-0.4, -0.2) is 62.0 Å². The number of benzene rings is 1. The maximum atomic E-state index is 11.5. The van der Waals surface area contributed by atoms with Crippen molar-refractivity contribution in [2.24, 2.45) is 4.99 Å². The number of hydrogen-bond acceptors (Lipinski definition) is 4. The van der Waals surface area contributed by atoms with Gasteiger partial charge in [-0.25, -0.2) is 4.79 Å². The molecule has 1 atom stereocenters. The molecule has 0 spiro atoms. The van der Waals surface area contributed by atoms with Gasteiger partial charge in [-0.05, 0) is 25.0 Å². The van der Waals surface area contributed by atoms with Crippen LogP contribution >= 0.6 is 11.8 Å². The number of guanidine groups is 1. The summed E-state index contributed by atoms with van der Waals surface area (Å²) in [5, 5.41) is 7.28. The Morgan fingerprint density at radius 1 is 1.36 bits per heavy atom. The van der Waals surface area contributed by atoms with Crippen molar-refractivity contribution in [3.8, 4) is 0 Å². The van der Waals surface area contributed by atoms with Gasteiger partial charge in [0.05, 0.1) is 7.11 Å². The predicted molar refractivity (Wildman–Crippen MR) is 103 cm³/mol. The number of hydrogen-bond donors (Lipinski definition) is 2. The van der Waals surface area contributed by atoms with Crippen molar-refractivity contribution in [2.45, 2.75) is 36.0 Å². The molecule has 1 aromatic carbocycles. The molecule has 0 bridgehead atoms. The lowest BCUT2D eigenvalue weighted by atomic mass is 10.1. The topological polar surface area (TPSA) is 66.0 Å².